The number of fused-ring (bicyclic) bond motifs is 1. The van der Waals surface area contributed by atoms with E-state index in [0.717, 1.165) is 29.0 Å². The fourth-order valence-corrected chi connectivity index (χ4v) is 3.21. The van der Waals surface area contributed by atoms with Gasteiger partial charge in [-0.25, -0.2) is 4.79 Å². The Bertz CT molecular complexity index is 897. The molecule has 2 amide bonds. The fourth-order valence-electron chi connectivity index (χ4n) is 3.21. The summed E-state index contributed by atoms with van der Waals surface area (Å²) in [5.74, 6) is 1.34. The van der Waals surface area contributed by atoms with Crippen LogP contribution in [0.3, 0.4) is 0 Å². The fraction of sp³-hybridized carbons (Fsp3) is 0.364. The molecule has 7 heteroatoms. The second-order valence-electron chi connectivity index (χ2n) is 6.74. The maximum Gasteiger partial charge on any atom is 0.411 e. The summed E-state index contributed by atoms with van der Waals surface area (Å²) >= 11 is 0. The van der Waals surface area contributed by atoms with E-state index in [1.165, 1.54) is 0 Å². The molecule has 1 atom stereocenters. The number of carbonyl (C=O) groups is 2. The number of hydrogen-bond acceptors (Lipinski definition) is 5. The number of benzene rings is 2. The van der Waals surface area contributed by atoms with E-state index in [1.54, 1.807) is 31.2 Å². The van der Waals surface area contributed by atoms with E-state index in [4.69, 9.17) is 14.2 Å². The Hall–Kier alpha value is -3.22. The zero-order chi connectivity index (χ0) is 20.8. The maximum atomic E-state index is 12.6. The lowest BCUT2D eigenvalue weighted by molar-refractivity contribution is 0.0950. The van der Waals surface area contributed by atoms with E-state index in [0.29, 0.717) is 24.4 Å². The van der Waals surface area contributed by atoms with E-state index < -0.39 is 6.09 Å². The first-order valence-corrected chi connectivity index (χ1v) is 9.77. The summed E-state index contributed by atoms with van der Waals surface area (Å²) in [6, 6.07) is 10.6. The molecule has 2 N–H and O–H groups in total. The van der Waals surface area contributed by atoms with Crippen LogP contribution in [0.2, 0.25) is 0 Å². The van der Waals surface area contributed by atoms with Crippen molar-refractivity contribution in [1.82, 2.24) is 5.32 Å². The zero-order valence-corrected chi connectivity index (χ0v) is 16.9. The molecule has 0 spiro atoms. The van der Waals surface area contributed by atoms with Gasteiger partial charge < -0.3 is 19.5 Å². The van der Waals surface area contributed by atoms with Crippen LogP contribution in [0.1, 0.15) is 42.3 Å². The first kappa shape index (κ1) is 20.5. The summed E-state index contributed by atoms with van der Waals surface area (Å²) in [4.78, 5) is 24.2. The standard InChI is InChI=1S/C22H26N2O5/c1-4-27-19-11-16-9-14(3)29-20(16)12-17(19)13-23-21(25)15-7-6-8-18(10-15)24-22(26)28-5-2/h6-8,10-12,14H,4-5,9,13H2,1-3H3,(H,23,25)(H,24,26). The third kappa shape index (κ3) is 5.19. The summed E-state index contributed by atoms with van der Waals surface area (Å²) in [5, 5.41) is 5.50. The Balaban J connectivity index is 1.69. The molecule has 2 aromatic rings. The molecule has 29 heavy (non-hydrogen) atoms. The van der Waals surface area contributed by atoms with Gasteiger partial charge in [-0.3, -0.25) is 10.1 Å². The lowest BCUT2D eigenvalue weighted by Crippen LogP contribution is -2.23. The number of carbonyl (C=O) groups excluding carboxylic acids is 2. The molecule has 154 valence electrons. The zero-order valence-electron chi connectivity index (χ0n) is 16.9. The van der Waals surface area contributed by atoms with Gasteiger partial charge in [0.1, 0.15) is 17.6 Å². The van der Waals surface area contributed by atoms with Crippen molar-refractivity contribution in [3.63, 3.8) is 0 Å². The van der Waals surface area contributed by atoms with Crippen LogP contribution in [0.15, 0.2) is 36.4 Å². The number of amides is 2. The Morgan fingerprint density at radius 1 is 1.17 bits per heavy atom. The summed E-state index contributed by atoms with van der Waals surface area (Å²) < 4.78 is 16.4. The van der Waals surface area contributed by atoms with Crippen molar-refractivity contribution in [2.24, 2.45) is 0 Å². The minimum atomic E-state index is -0.557. The first-order chi connectivity index (χ1) is 14.0. The molecule has 1 unspecified atom stereocenters. The van der Waals surface area contributed by atoms with Gasteiger partial charge in [0.05, 0.1) is 13.2 Å². The molecule has 1 aliphatic rings. The highest BCUT2D eigenvalue weighted by atomic mass is 16.5. The van der Waals surface area contributed by atoms with Crippen molar-refractivity contribution in [1.29, 1.82) is 0 Å². The van der Waals surface area contributed by atoms with Crippen molar-refractivity contribution in [3.8, 4) is 11.5 Å². The SMILES string of the molecule is CCOC(=O)Nc1cccc(C(=O)NCc2cc3c(cc2OCC)CC(C)O3)c1. The van der Waals surface area contributed by atoms with Crippen molar-refractivity contribution in [3.05, 3.63) is 53.1 Å². The van der Waals surface area contributed by atoms with Crippen molar-refractivity contribution in [2.45, 2.75) is 39.8 Å². The van der Waals surface area contributed by atoms with Crippen LogP contribution in [0.25, 0.3) is 0 Å². The molecule has 1 heterocycles. The van der Waals surface area contributed by atoms with Crippen LogP contribution in [0.5, 0.6) is 11.5 Å². The van der Waals surface area contributed by atoms with Gasteiger partial charge >= 0.3 is 6.09 Å². The Kier molecular flexibility index (Phi) is 6.59. The Labute approximate surface area is 170 Å². The van der Waals surface area contributed by atoms with E-state index in [9.17, 15) is 9.59 Å². The molecule has 2 aromatic carbocycles. The quantitative estimate of drug-likeness (QED) is 0.739. The molecule has 1 aliphatic heterocycles. The molecular weight excluding hydrogens is 372 g/mol. The minimum absolute atomic E-state index is 0.138. The van der Waals surface area contributed by atoms with Crippen molar-refractivity contribution < 1.29 is 23.8 Å². The minimum Gasteiger partial charge on any atom is -0.494 e. The summed E-state index contributed by atoms with van der Waals surface area (Å²) in [7, 11) is 0. The number of rotatable bonds is 7. The average molecular weight is 398 g/mol. The van der Waals surface area contributed by atoms with Gasteiger partial charge in [-0.15, -0.1) is 0 Å². The van der Waals surface area contributed by atoms with E-state index in [2.05, 4.69) is 10.6 Å². The van der Waals surface area contributed by atoms with Crippen molar-refractivity contribution in [2.75, 3.05) is 18.5 Å². The molecule has 0 aromatic heterocycles. The number of nitrogens with one attached hydrogen (secondary N) is 2. The lowest BCUT2D eigenvalue weighted by Gasteiger charge is -2.14. The highest BCUT2D eigenvalue weighted by Crippen LogP contribution is 2.35. The second kappa shape index (κ2) is 9.32. The lowest BCUT2D eigenvalue weighted by atomic mass is 10.1. The maximum absolute atomic E-state index is 12.6. The molecule has 0 fully saturated rings. The van der Waals surface area contributed by atoms with Crippen LogP contribution in [0.4, 0.5) is 10.5 Å². The molecule has 0 aliphatic carbocycles. The van der Waals surface area contributed by atoms with E-state index in [1.807, 2.05) is 26.0 Å². The van der Waals surface area contributed by atoms with E-state index in [-0.39, 0.29) is 18.6 Å². The van der Waals surface area contributed by atoms with Crippen molar-refractivity contribution >= 4 is 17.7 Å². The van der Waals surface area contributed by atoms with Crippen LogP contribution in [-0.2, 0) is 17.7 Å². The van der Waals surface area contributed by atoms with Gasteiger partial charge in [-0.2, -0.15) is 0 Å². The summed E-state index contributed by atoms with van der Waals surface area (Å²) in [5.41, 5.74) is 2.90. The van der Waals surface area contributed by atoms with Crippen LogP contribution in [0, 0.1) is 0 Å². The highest BCUT2D eigenvalue weighted by molar-refractivity contribution is 5.96. The normalized spacial score (nSPS) is 14.5. The average Bonchev–Trinajstić information content (AvgIpc) is 3.05. The highest BCUT2D eigenvalue weighted by Gasteiger charge is 2.22. The van der Waals surface area contributed by atoms with Gasteiger partial charge in [0.2, 0.25) is 0 Å². The Morgan fingerprint density at radius 3 is 2.76 bits per heavy atom. The number of ether oxygens (including phenoxy) is 3. The molecular formula is C22H26N2O5. The third-order valence-electron chi connectivity index (χ3n) is 4.46. The van der Waals surface area contributed by atoms with Gasteiger partial charge in [-0.1, -0.05) is 6.07 Å². The monoisotopic (exact) mass is 398 g/mol. The molecule has 0 radical (unpaired) electrons. The van der Waals surface area contributed by atoms with Crippen LogP contribution in [-0.4, -0.2) is 31.3 Å². The predicted octanol–water partition coefficient (Wildman–Crippen LogP) is 3.91. The van der Waals surface area contributed by atoms with Gasteiger partial charge in [0.25, 0.3) is 5.91 Å². The summed E-state index contributed by atoms with van der Waals surface area (Å²) in [6.07, 6.45) is 0.431. The first-order valence-electron chi connectivity index (χ1n) is 9.77. The molecule has 3 rings (SSSR count). The second-order valence-corrected chi connectivity index (χ2v) is 6.74. The Morgan fingerprint density at radius 2 is 2.00 bits per heavy atom. The largest absolute Gasteiger partial charge is 0.494 e. The molecule has 0 saturated heterocycles. The smallest absolute Gasteiger partial charge is 0.411 e. The van der Waals surface area contributed by atoms with Gasteiger partial charge in [0, 0.05) is 35.3 Å². The number of anilines is 1. The molecule has 7 nitrogen and oxygen atoms in total. The predicted molar refractivity (Wildman–Crippen MR) is 110 cm³/mol. The van der Waals surface area contributed by atoms with E-state index >= 15 is 0 Å². The van der Waals surface area contributed by atoms with Crippen LogP contribution >= 0.6 is 0 Å². The van der Waals surface area contributed by atoms with Gasteiger partial charge in [-0.05, 0) is 51.1 Å². The van der Waals surface area contributed by atoms with Crippen LogP contribution < -0.4 is 20.1 Å². The third-order valence-corrected chi connectivity index (χ3v) is 4.46. The molecule has 0 bridgehead atoms. The van der Waals surface area contributed by atoms with Gasteiger partial charge in [0.15, 0.2) is 0 Å². The molecule has 0 saturated carbocycles. The topological polar surface area (TPSA) is 85.9 Å². The number of hydrogen-bond donors (Lipinski definition) is 2. The summed E-state index contributed by atoms with van der Waals surface area (Å²) in [6.45, 7) is 6.80.